The molecule has 0 amide bonds. The molecule has 0 aliphatic rings. The van der Waals surface area contributed by atoms with E-state index in [0.717, 1.165) is 16.3 Å². The van der Waals surface area contributed by atoms with Gasteiger partial charge in [-0.25, -0.2) is 0 Å². The topological polar surface area (TPSA) is 55.4 Å². The van der Waals surface area contributed by atoms with Crippen molar-refractivity contribution in [1.82, 2.24) is 0 Å². The number of hydrogen-bond acceptors (Lipinski definition) is 3. The summed E-state index contributed by atoms with van der Waals surface area (Å²) in [6.45, 7) is 0. The van der Waals surface area contributed by atoms with Crippen molar-refractivity contribution >= 4 is 22.3 Å². The molecule has 0 radical (unpaired) electrons. The Balaban J connectivity index is 2.12. The summed E-state index contributed by atoms with van der Waals surface area (Å²) < 4.78 is 0. The molecule has 3 aromatic carbocycles. The van der Waals surface area contributed by atoms with Crippen molar-refractivity contribution in [1.29, 1.82) is 0 Å². The van der Waals surface area contributed by atoms with E-state index in [0.29, 0.717) is 5.56 Å². The lowest BCUT2D eigenvalue weighted by molar-refractivity contribution is 0.106. The predicted molar refractivity (Wildman–Crippen MR) is 85.4 cm³/mol. The van der Waals surface area contributed by atoms with Gasteiger partial charge in [-0.15, -0.1) is 0 Å². The highest BCUT2D eigenvalue weighted by Crippen LogP contribution is 2.20. The summed E-state index contributed by atoms with van der Waals surface area (Å²) in [5.41, 5.74) is 1.60. The number of carbonyl (C=O) groups is 1. The quantitative estimate of drug-likeness (QED) is 0.344. The lowest BCUT2D eigenvalue weighted by atomic mass is 9.96. The first-order valence-corrected chi connectivity index (χ1v) is 6.67. The standard InChI is InChI=1S/C18H14N2O/c19-20-17(14-8-2-1-3-9-14)18(21)16-12-6-10-13-7-4-5-11-15(13)16/h1-12H,19H2. The van der Waals surface area contributed by atoms with Crippen LogP contribution in [-0.4, -0.2) is 11.5 Å². The first kappa shape index (κ1) is 13.1. The first-order valence-electron chi connectivity index (χ1n) is 6.67. The molecule has 0 saturated heterocycles. The number of nitrogens with zero attached hydrogens (tertiary/aromatic N) is 1. The zero-order chi connectivity index (χ0) is 14.7. The van der Waals surface area contributed by atoms with Gasteiger partial charge in [0.2, 0.25) is 5.78 Å². The number of nitrogens with two attached hydrogens (primary N) is 1. The Bertz CT molecular complexity index is 818. The fraction of sp³-hybridized carbons (Fsp3) is 0. The zero-order valence-electron chi connectivity index (χ0n) is 11.4. The van der Waals surface area contributed by atoms with Gasteiger partial charge in [0.25, 0.3) is 0 Å². The SMILES string of the molecule is NN=C(C(=O)c1cccc2ccccc12)c1ccccc1. The number of Topliss-reactive ketones (excluding diaryl/α,β-unsaturated/α-hetero) is 1. The molecule has 0 aliphatic heterocycles. The summed E-state index contributed by atoms with van der Waals surface area (Å²) in [5.74, 6) is 5.29. The summed E-state index contributed by atoms with van der Waals surface area (Å²) >= 11 is 0. The van der Waals surface area contributed by atoms with E-state index in [1.165, 1.54) is 0 Å². The Hall–Kier alpha value is -2.94. The molecule has 0 heterocycles. The predicted octanol–water partition coefficient (Wildman–Crippen LogP) is 3.39. The number of hydrazone groups is 1. The van der Waals surface area contributed by atoms with Gasteiger partial charge >= 0.3 is 0 Å². The molecule has 0 saturated carbocycles. The molecule has 0 fully saturated rings. The van der Waals surface area contributed by atoms with Gasteiger partial charge in [-0.3, -0.25) is 4.79 Å². The van der Waals surface area contributed by atoms with Gasteiger partial charge in [0.1, 0.15) is 5.71 Å². The van der Waals surface area contributed by atoms with E-state index in [2.05, 4.69) is 5.10 Å². The molecule has 0 unspecified atom stereocenters. The number of hydrogen-bond donors (Lipinski definition) is 1. The molecule has 2 N–H and O–H groups in total. The van der Waals surface area contributed by atoms with Crippen LogP contribution in [-0.2, 0) is 0 Å². The van der Waals surface area contributed by atoms with E-state index >= 15 is 0 Å². The fourth-order valence-electron chi connectivity index (χ4n) is 2.41. The van der Waals surface area contributed by atoms with Gasteiger partial charge in [-0.05, 0) is 10.8 Å². The maximum atomic E-state index is 12.8. The summed E-state index contributed by atoms with van der Waals surface area (Å²) in [4.78, 5) is 12.8. The average Bonchev–Trinajstić information content (AvgIpc) is 2.56. The van der Waals surface area contributed by atoms with Crippen molar-refractivity contribution < 1.29 is 4.79 Å². The van der Waals surface area contributed by atoms with Crippen LogP contribution < -0.4 is 5.84 Å². The lowest BCUT2D eigenvalue weighted by Gasteiger charge is -2.08. The van der Waals surface area contributed by atoms with Crippen LogP contribution in [0.5, 0.6) is 0 Å². The van der Waals surface area contributed by atoms with E-state index in [4.69, 9.17) is 5.84 Å². The molecule has 0 aliphatic carbocycles. The number of ketones is 1. The zero-order valence-corrected chi connectivity index (χ0v) is 11.4. The molecule has 3 rings (SSSR count). The molecular weight excluding hydrogens is 260 g/mol. The maximum absolute atomic E-state index is 12.8. The summed E-state index contributed by atoms with van der Waals surface area (Å²) in [6.07, 6.45) is 0. The van der Waals surface area contributed by atoms with E-state index in [1.807, 2.05) is 66.7 Å². The highest BCUT2D eigenvalue weighted by molar-refractivity contribution is 6.52. The largest absolute Gasteiger partial charge is 0.323 e. The minimum Gasteiger partial charge on any atom is -0.323 e. The van der Waals surface area contributed by atoms with Crippen molar-refractivity contribution in [2.45, 2.75) is 0 Å². The minimum atomic E-state index is -0.166. The summed E-state index contributed by atoms with van der Waals surface area (Å²) in [6, 6.07) is 22.7. The number of fused-ring (bicyclic) bond motifs is 1. The van der Waals surface area contributed by atoms with Crippen LogP contribution in [0, 0.1) is 0 Å². The Morgan fingerprint density at radius 2 is 1.48 bits per heavy atom. The highest BCUT2D eigenvalue weighted by atomic mass is 16.1. The summed E-state index contributed by atoms with van der Waals surface area (Å²) in [7, 11) is 0. The maximum Gasteiger partial charge on any atom is 0.214 e. The van der Waals surface area contributed by atoms with Crippen LogP contribution in [0.3, 0.4) is 0 Å². The third-order valence-corrected chi connectivity index (χ3v) is 3.43. The van der Waals surface area contributed by atoms with E-state index in [9.17, 15) is 4.79 Å². The lowest BCUT2D eigenvalue weighted by Crippen LogP contribution is -2.18. The van der Waals surface area contributed by atoms with E-state index < -0.39 is 0 Å². The van der Waals surface area contributed by atoms with Gasteiger partial charge in [0, 0.05) is 11.1 Å². The van der Waals surface area contributed by atoms with Crippen LogP contribution in [0.2, 0.25) is 0 Å². The summed E-state index contributed by atoms with van der Waals surface area (Å²) in [5, 5.41) is 5.63. The van der Waals surface area contributed by atoms with E-state index in [-0.39, 0.29) is 11.5 Å². The van der Waals surface area contributed by atoms with Crippen LogP contribution in [0.4, 0.5) is 0 Å². The third-order valence-electron chi connectivity index (χ3n) is 3.43. The monoisotopic (exact) mass is 274 g/mol. The Kier molecular flexibility index (Phi) is 3.48. The molecule has 3 aromatic rings. The Labute approximate surface area is 122 Å². The van der Waals surface area contributed by atoms with Crippen LogP contribution in [0.15, 0.2) is 77.9 Å². The smallest absolute Gasteiger partial charge is 0.214 e. The number of rotatable bonds is 3. The second-order valence-corrected chi connectivity index (χ2v) is 4.70. The van der Waals surface area contributed by atoms with Crippen molar-refractivity contribution in [2.24, 2.45) is 10.9 Å². The number of carbonyl (C=O) groups excluding carboxylic acids is 1. The molecule has 21 heavy (non-hydrogen) atoms. The van der Waals surface area contributed by atoms with Crippen molar-refractivity contribution in [3.63, 3.8) is 0 Å². The average molecular weight is 274 g/mol. The number of benzene rings is 3. The molecular formula is C18H14N2O. The molecule has 0 aromatic heterocycles. The first-order chi connectivity index (χ1) is 10.3. The van der Waals surface area contributed by atoms with Crippen LogP contribution in [0.1, 0.15) is 15.9 Å². The van der Waals surface area contributed by atoms with Gasteiger partial charge < -0.3 is 5.84 Å². The molecule has 3 nitrogen and oxygen atoms in total. The van der Waals surface area contributed by atoms with Crippen LogP contribution >= 0.6 is 0 Å². The molecule has 102 valence electrons. The highest BCUT2D eigenvalue weighted by Gasteiger charge is 2.18. The van der Waals surface area contributed by atoms with Gasteiger partial charge in [-0.1, -0.05) is 72.8 Å². The second kappa shape index (κ2) is 5.59. The molecule has 3 heteroatoms. The van der Waals surface area contributed by atoms with E-state index in [1.54, 1.807) is 6.07 Å². The van der Waals surface area contributed by atoms with Gasteiger partial charge in [-0.2, -0.15) is 5.10 Å². The van der Waals surface area contributed by atoms with Crippen molar-refractivity contribution in [3.05, 3.63) is 83.9 Å². The fourth-order valence-corrected chi connectivity index (χ4v) is 2.41. The van der Waals surface area contributed by atoms with Crippen molar-refractivity contribution in [2.75, 3.05) is 0 Å². The third kappa shape index (κ3) is 2.41. The molecule has 0 bridgehead atoms. The normalized spacial score (nSPS) is 11.5. The second-order valence-electron chi connectivity index (χ2n) is 4.70. The molecule has 0 atom stereocenters. The Morgan fingerprint density at radius 3 is 2.24 bits per heavy atom. The van der Waals surface area contributed by atoms with Crippen molar-refractivity contribution in [3.8, 4) is 0 Å². The minimum absolute atomic E-state index is 0.166. The Morgan fingerprint density at radius 1 is 0.810 bits per heavy atom. The molecule has 0 spiro atoms. The van der Waals surface area contributed by atoms with Crippen LogP contribution in [0.25, 0.3) is 10.8 Å². The van der Waals surface area contributed by atoms with Gasteiger partial charge in [0.15, 0.2) is 0 Å². The van der Waals surface area contributed by atoms with Gasteiger partial charge in [0.05, 0.1) is 0 Å².